The summed E-state index contributed by atoms with van der Waals surface area (Å²) >= 11 is 1.18. The van der Waals surface area contributed by atoms with E-state index in [9.17, 15) is 28.1 Å². The van der Waals surface area contributed by atoms with Crippen molar-refractivity contribution in [1.29, 1.82) is 0 Å². The molecular formula is C29H34N6O9S2. The third-order valence-electron chi connectivity index (χ3n) is 5.46. The fourth-order valence-electron chi connectivity index (χ4n) is 3.44. The summed E-state index contributed by atoms with van der Waals surface area (Å²) in [6.07, 6.45) is 2.20. The second-order valence-corrected chi connectivity index (χ2v) is 11.4. The second kappa shape index (κ2) is 17.4. The van der Waals surface area contributed by atoms with Crippen molar-refractivity contribution in [2.24, 2.45) is 5.14 Å². The van der Waals surface area contributed by atoms with Crippen LogP contribution in [0, 0.1) is 10.1 Å². The molecule has 4 aromatic rings. The Labute approximate surface area is 269 Å². The third-order valence-corrected chi connectivity index (χ3v) is 7.44. The Kier molecular flexibility index (Phi) is 14.0. The van der Waals surface area contributed by atoms with Crippen LogP contribution < -0.4 is 25.2 Å². The first-order valence-corrected chi connectivity index (χ1v) is 15.9. The number of pyridine rings is 1. The van der Waals surface area contributed by atoms with Crippen LogP contribution in [0.3, 0.4) is 0 Å². The maximum atomic E-state index is 12.4. The summed E-state index contributed by atoms with van der Waals surface area (Å²) in [5, 5.41) is 22.1. The van der Waals surface area contributed by atoms with Gasteiger partial charge in [-0.25, -0.2) is 28.3 Å². The van der Waals surface area contributed by atoms with Crippen molar-refractivity contribution in [3.63, 3.8) is 0 Å². The van der Waals surface area contributed by atoms with Crippen LogP contribution >= 0.6 is 11.3 Å². The van der Waals surface area contributed by atoms with E-state index in [1.165, 1.54) is 67.1 Å². The number of hydrogen-bond donors (Lipinski definition) is 3. The van der Waals surface area contributed by atoms with Gasteiger partial charge in [0.2, 0.25) is 10.0 Å². The maximum Gasteiger partial charge on any atom is 0.417 e. The molecule has 0 aliphatic rings. The lowest BCUT2D eigenvalue weighted by Gasteiger charge is -2.11. The van der Waals surface area contributed by atoms with Gasteiger partial charge in [-0.15, -0.1) is 11.3 Å². The minimum Gasteiger partial charge on any atom is -0.494 e. The first-order valence-electron chi connectivity index (χ1n) is 13.5. The van der Waals surface area contributed by atoms with E-state index in [-0.39, 0.29) is 33.7 Å². The number of sulfonamides is 1. The zero-order chi connectivity index (χ0) is 34.4. The van der Waals surface area contributed by atoms with Crippen LogP contribution in [0.15, 0.2) is 65.8 Å². The SMILES string of the molecule is CC.CC(C)OC=O.CNc1cnc(-c2ncc(-c3ccc(NC(=O)Oc4ccc([N+](=O)[O-])cc4)cc3S(N)(=O)=O)s2)c(OC)c1. The van der Waals surface area contributed by atoms with Crippen molar-refractivity contribution < 1.29 is 37.1 Å². The molecule has 4 N–H and O–H groups in total. The summed E-state index contributed by atoms with van der Waals surface area (Å²) in [4.78, 5) is 40.9. The molecule has 2 aromatic carbocycles. The number of thiazole rings is 1. The Morgan fingerprint density at radius 1 is 1.07 bits per heavy atom. The van der Waals surface area contributed by atoms with Crippen LogP contribution in [0.25, 0.3) is 21.1 Å². The quantitative estimate of drug-likeness (QED) is 0.105. The Hall–Kier alpha value is -5.13. The number of benzene rings is 2. The number of nitro groups is 1. The number of aromatic nitrogens is 2. The minimum absolute atomic E-state index is 0.0301. The van der Waals surface area contributed by atoms with Gasteiger partial charge in [-0.2, -0.15) is 0 Å². The summed E-state index contributed by atoms with van der Waals surface area (Å²) in [5.41, 5.74) is 1.43. The summed E-state index contributed by atoms with van der Waals surface area (Å²) in [6, 6.07) is 10.8. The van der Waals surface area contributed by atoms with E-state index in [1.54, 1.807) is 33.2 Å². The second-order valence-electron chi connectivity index (χ2n) is 8.86. The number of nitrogens with zero attached hydrogens (tertiary/aromatic N) is 3. The lowest BCUT2D eigenvalue weighted by atomic mass is 10.2. The summed E-state index contributed by atoms with van der Waals surface area (Å²) in [7, 11) is -0.958. The molecule has 0 saturated carbocycles. The van der Waals surface area contributed by atoms with Gasteiger partial charge < -0.3 is 19.5 Å². The van der Waals surface area contributed by atoms with Gasteiger partial charge in [0.25, 0.3) is 12.2 Å². The predicted octanol–water partition coefficient (Wildman–Crippen LogP) is 5.68. The Balaban J connectivity index is 0.000000826. The van der Waals surface area contributed by atoms with E-state index in [1.807, 2.05) is 13.8 Å². The number of non-ortho nitro benzene ring substituents is 1. The Bertz CT molecular complexity index is 1740. The maximum absolute atomic E-state index is 12.4. The molecule has 0 saturated heterocycles. The zero-order valence-electron chi connectivity index (χ0n) is 25.8. The van der Waals surface area contributed by atoms with Crippen molar-refractivity contribution >= 4 is 51.0 Å². The molecule has 46 heavy (non-hydrogen) atoms. The number of amides is 1. The van der Waals surface area contributed by atoms with Crippen LogP contribution in [0.5, 0.6) is 11.5 Å². The van der Waals surface area contributed by atoms with E-state index in [0.29, 0.717) is 27.8 Å². The monoisotopic (exact) mass is 674 g/mol. The molecule has 0 aliphatic heterocycles. The van der Waals surface area contributed by atoms with Gasteiger partial charge in [0, 0.05) is 42.7 Å². The molecule has 17 heteroatoms. The van der Waals surface area contributed by atoms with E-state index < -0.39 is 21.0 Å². The van der Waals surface area contributed by atoms with E-state index in [0.717, 1.165) is 5.69 Å². The average molecular weight is 675 g/mol. The fourth-order valence-corrected chi connectivity index (χ4v) is 5.24. The molecule has 0 aliphatic carbocycles. The van der Waals surface area contributed by atoms with Crippen molar-refractivity contribution in [1.82, 2.24) is 9.97 Å². The number of carbonyl (C=O) groups excluding carboxylic acids is 2. The van der Waals surface area contributed by atoms with Crippen LogP contribution in [-0.4, -0.2) is 56.1 Å². The topological polar surface area (TPSA) is 215 Å². The number of ether oxygens (including phenoxy) is 3. The average Bonchev–Trinajstić information content (AvgIpc) is 3.51. The summed E-state index contributed by atoms with van der Waals surface area (Å²) < 4.78 is 39.7. The lowest BCUT2D eigenvalue weighted by Crippen LogP contribution is -2.18. The minimum atomic E-state index is -4.21. The molecule has 246 valence electrons. The Morgan fingerprint density at radius 2 is 1.74 bits per heavy atom. The number of primary sulfonamides is 1. The lowest BCUT2D eigenvalue weighted by molar-refractivity contribution is -0.384. The van der Waals surface area contributed by atoms with Gasteiger partial charge in [-0.05, 0) is 38.1 Å². The molecule has 0 spiro atoms. The molecule has 1 amide bonds. The predicted molar refractivity (Wildman–Crippen MR) is 175 cm³/mol. The van der Waals surface area contributed by atoms with Crippen molar-refractivity contribution in [3.05, 3.63) is 71.0 Å². The van der Waals surface area contributed by atoms with Crippen LogP contribution in [0.4, 0.5) is 21.9 Å². The normalized spacial score (nSPS) is 10.3. The van der Waals surface area contributed by atoms with Crippen molar-refractivity contribution in [2.75, 3.05) is 24.8 Å². The van der Waals surface area contributed by atoms with Gasteiger partial charge in [0.1, 0.15) is 22.2 Å². The smallest absolute Gasteiger partial charge is 0.417 e. The van der Waals surface area contributed by atoms with Crippen LogP contribution in [0.1, 0.15) is 27.7 Å². The Morgan fingerprint density at radius 3 is 2.26 bits per heavy atom. The molecule has 2 heterocycles. The van der Waals surface area contributed by atoms with E-state index >= 15 is 0 Å². The van der Waals surface area contributed by atoms with Gasteiger partial charge in [0.15, 0.2) is 0 Å². The molecule has 0 atom stereocenters. The zero-order valence-corrected chi connectivity index (χ0v) is 27.5. The highest BCUT2D eigenvalue weighted by atomic mass is 32.2. The van der Waals surface area contributed by atoms with E-state index in [2.05, 4.69) is 25.3 Å². The van der Waals surface area contributed by atoms with Gasteiger partial charge in [0.05, 0.1) is 39.8 Å². The molecule has 0 radical (unpaired) electrons. The highest BCUT2D eigenvalue weighted by molar-refractivity contribution is 7.89. The number of nitrogens with two attached hydrogens (primary N) is 1. The van der Waals surface area contributed by atoms with Crippen LogP contribution in [0.2, 0.25) is 0 Å². The summed E-state index contributed by atoms with van der Waals surface area (Å²) in [5.74, 6) is 0.538. The van der Waals surface area contributed by atoms with E-state index in [4.69, 9.17) is 14.6 Å². The largest absolute Gasteiger partial charge is 0.494 e. The van der Waals surface area contributed by atoms with Gasteiger partial charge >= 0.3 is 6.09 Å². The molecule has 15 nitrogen and oxygen atoms in total. The number of methoxy groups -OCH3 is 1. The van der Waals surface area contributed by atoms with Crippen molar-refractivity contribution in [3.8, 4) is 32.6 Å². The number of hydrogen-bond acceptors (Lipinski definition) is 13. The number of carbonyl (C=O) groups is 2. The molecule has 0 bridgehead atoms. The van der Waals surface area contributed by atoms with Gasteiger partial charge in [-0.1, -0.05) is 19.9 Å². The number of nitro benzene ring substituents is 1. The molecule has 0 unspecified atom stereocenters. The summed E-state index contributed by atoms with van der Waals surface area (Å²) in [6.45, 7) is 8.05. The van der Waals surface area contributed by atoms with Crippen LogP contribution in [-0.2, 0) is 19.6 Å². The first kappa shape index (κ1) is 37.1. The molecule has 2 aromatic heterocycles. The number of anilines is 2. The van der Waals surface area contributed by atoms with Gasteiger partial charge in [-0.3, -0.25) is 20.2 Å². The highest BCUT2D eigenvalue weighted by Gasteiger charge is 2.21. The standard InChI is InChI=1S/C23H20N6O7S2.C4H8O2.C2H6/c1-25-14-9-18(35-2)21(26-11-14)22-27-12-19(37-22)17-8-3-13(10-20(17)38(24,33)34)28-23(30)36-16-6-4-15(5-7-16)29(31)32;1-4(2)6-3-5;1-2/h3-12,25H,1-2H3,(H,28,30)(H2,24,33,34);3-4H,1-2H3;1-2H3. The molecular weight excluding hydrogens is 640 g/mol. The number of rotatable bonds is 10. The number of nitrogens with one attached hydrogen (secondary N) is 2. The first-order chi connectivity index (χ1) is 21.9. The molecule has 4 rings (SSSR count). The molecule has 0 fully saturated rings. The van der Waals surface area contributed by atoms with Crippen molar-refractivity contribution in [2.45, 2.75) is 38.7 Å². The highest BCUT2D eigenvalue weighted by Crippen LogP contribution is 2.39. The third kappa shape index (κ3) is 10.5. The fraction of sp³-hybridized carbons (Fsp3) is 0.241.